The Hall–Kier alpha value is -1.75. The molecule has 0 bridgehead atoms. The molecule has 2 fully saturated rings. The van der Waals surface area contributed by atoms with Gasteiger partial charge in [0.25, 0.3) is 0 Å². The molecule has 2 aliphatic carbocycles. The van der Waals surface area contributed by atoms with Crippen molar-refractivity contribution in [1.82, 2.24) is 5.32 Å². The second-order valence-corrected chi connectivity index (χ2v) is 6.84. The molecule has 3 N–H and O–H groups in total. The number of rotatable bonds is 5. The summed E-state index contributed by atoms with van der Waals surface area (Å²) in [6, 6.07) is 5.43. The van der Waals surface area contributed by atoms with Gasteiger partial charge in [-0.1, -0.05) is 6.07 Å². The molecule has 126 valence electrons. The van der Waals surface area contributed by atoms with Gasteiger partial charge in [-0.3, -0.25) is 0 Å². The molecule has 23 heavy (non-hydrogen) atoms. The van der Waals surface area contributed by atoms with Gasteiger partial charge in [0.15, 0.2) is 0 Å². The molecule has 0 saturated heterocycles. The molecule has 2 aliphatic rings. The van der Waals surface area contributed by atoms with Crippen LogP contribution in [0.15, 0.2) is 18.2 Å². The summed E-state index contributed by atoms with van der Waals surface area (Å²) < 4.78 is 6.06. The van der Waals surface area contributed by atoms with E-state index in [2.05, 4.69) is 10.6 Å². The minimum Gasteiger partial charge on any atom is -0.490 e. The maximum atomic E-state index is 12.0. The van der Waals surface area contributed by atoms with Crippen LogP contribution >= 0.6 is 0 Å². The summed E-state index contributed by atoms with van der Waals surface area (Å²) in [5.41, 5.74) is 0.982. The van der Waals surface area contributed by atoms with E-state index in [1.165, 1.54) is 12.8 Å². The summed E-state index contributed by atoms with van der Waals surface area (Å²) in [4.78, 5) is 12.0. The number of carbonyl (C=O) groups excluding carboxylic acids is 1. The Bertz CT molecular complexity index is 563. The monoisotopic (exact) mass is 318 g/mol. The van der Waals surface area contributed by atoms with Crippen molar-refractivity contribution in [2.75, 3.05) is 11.9 Å². The standard InChI is InChI=1S/C18H26N2O3/c1-13-15(20-17(21)19-12-18(22)10-5-11-18)8-4-9-16(13)23-14-6-2-3-7-14/h4,8-9,14,22H,2-3,5-7,10-12H2,1H3,(H2,19,20,21). The van der Waals surface area contributed by atoms with Crippen LogP contribution in [-0.4, -0.2) is 29.4 Å². The number of carbonyl (C=O) groups is 1. The van der Waals surface area contributed by atoms with Crippen molar-refractivity contribution in [3.63, 3.8) is 0 Å². The topological polar surface area (TPSA) is 70.6 Å². The number of hydrogen-bond acceptors (Lipinski definition) is 3. The van der Waals surface area contributed by atoms with Crippen LogP contribution in [0.3, 0.4) is 0 Å². The van der Waals surface area contributed by atoms with Crippen molar-refractivity contribution >= 4 is 11.7 Å². The van der Waals surface area contributed by atoms with E-state index in [9.17, 15) is 9.90 Å². The maximum absolute atomic E-state index is 12.0. The van der Waals surface area contributed by atoms with Crippen molar-refractivity contribution in [1.29, 1.82) is 0 Å². The number of urea groups is 1. The van der Waals surface area contributed by atoms with Gasteiger partial charge in [-0.15, -0.1) is 0 Å². The first-order valence-corrected chi connectivity index (χ1v) is 8.59. The zero-order chi connectivity index (χ0) is 16.3. The van der Waals surface area contributed by atoms with E-state index >= 15 is 0 Å². The lowest BCUT2D eigenvalue weighted by Gasteiger charge is -2.36. The van der Waals surface area contributed by atoms with E-state index < -0.39 is 5.60 Å². The number of benzene rings is 1. The molecule has 0 unspecified atom stereocenters. The van der Waals surface area contributed by atoms with Gasteiger partial charge in [-0.25, -0.2) is 4.79 Å². The molecule has 0 atom stereocenters. The first-order valence-electron chi connectivity index (χ1n) is 8.59. The normalized spacial score (nSPS) is 19.9. The number of aliphatic hydroxyl groups is 1. The first kappa shape index (κ1) is 16.1. The Morgan fingerprint density at radius 2 is 2.04 bits per heavy atom. The van der Waals surface area contributed by atoms with Crippen LogP contribution in [0.2, 0.25) is 0 Å². The number of nitrogens with one attached hydrogen (secondary N) is 2. The second kappa shape index (κ2) is 6.79. The van der Waals surface area contributed by atoms with Crippen LogP contribution < -0.4 is 15.4 Å². The molecule has 5 nitrogen and oxygen atoms in total. The van der Waals surface area contributed by atoms with Crippen LogP contribution in [0, 0.1) is 6.92 Å². The van der Waals surface area contributed by atoms with Crippen molar-refractivity contribution in [3.8, 4) is 5.75 Å². The third-order valence-corrected chi connectivity index (χ3v) is 4.99. The van der Waals surface area contributed by atoms with Gasteiger partial charge in [0.1, 0.15) is 5.75 Å². The molecule has 3 rings (SSSR count). The van der Waals surface area contributed by atoms with E-state index in [-0.39, 0.29) is 6.03 Å². The fourth-order valence-corrected chi connectivity index (χ4v) is 3.24. The van der Waals surface area contributed by atoms with Gasteiger partial charge in [-0.2, -0.15) is 0 Å². The van der Waals surface area contributed by atoms with E-state index in [4.69, 9.17) is 4.74 Å². The average Bonchev–Trinajstić information content (AvgIpc) is 3.00. The summed E-state index contributed by atoms with van der Waals surface area (Å²) in [6.45, 7) is 2.26. The molecule has 0 radical (unpaired) electrons. The van der Waals surface area contributed by atoms with Crippen molar-refractivity contribution in [2.24, 2.45) is 0 Å². The zero-order valence-electron chi connectivity index (χ0n) is 13.7. The third kappa shape index (κ3) is 3.96. The van der Waals surface area contributed by atoms with Gasteiger partial charge in [0, 0.05) is 17.8 Å². The van der Waals surface area contributed by atoms with Crippen molar-refractivity contribution in [3.05, 3.63) is 23.8 Å². The van der Waals surface area contributed by atoms with E-state index in [1.54, 1.807) is 0 Å². The maximum Gasteiger partial charge on any atom is 0.319 e. The lowest BCUT2D eigenvalue weighted by molar-refractivity contribution is -0.0287. The molecule has 2 saturated carbocycles. The van der Waals surface area contributed by atoms with E-state index in [1.807, 2.05) is 25.1 Å². The molecule has 0 aromatic heterocycles. The Balaban J connectivity index is 1.57. The molecule has 5 heteroatoms. The molecule has 0 heterocycles. The molecular formula is C18H26N2O3. The second-order valence-electron chi connectivity index (χ2n) is 6.84. The highest BCUT2D eigenvalue weighted by atomic mass is 16.5. The zero-order valence-corrected chi connectivity index (χ0v) is 13.7. The van der Waals surface area contributed by atoms with Crippen molar-refractivity contribution in [2.45, 2.75) is 63.6 Å². The summed E-state index contributed by atoms with van der Waals surface area (Å²) in [7, 11) is 0. The molecule has 1 aromatic carbocycles. The summed E-state index contributed by atoms with van der Waals surface area (Å²) in [5, 5.41) is 15.6. The highest BCUT2D eigenvalue weighted by Crippen LogP contribution is 2.31. The Morgan fingerprint density at radius 3 is 2.70 bits per heavy atom. The molecule has 0 spiro atoms. The van der Waals surface area contributed by atoms with Crippen LogP contribution in [0.25, 0.3) is 0 Å². The Morgan fingerprint density at radius 1 is 1.30 bits per heavy atom. The first-order chi connectivity index (χ1) is 11.1. The molecule has 0 aliphatic heterocycles. The fourth-order valence-electron chi connectivity index (χ4n) is 3.24. The highest BCUT2D eigenvalue weighted by Gasteiger charge is 2.34. The smallest absolute Gasteiger partial charge is 0.319 e. The molecule has 1 aromatic rings. The summed E-state index contributed by atoms with van der Waals surface area (Å²) >= 11 is 0. The van der Waals surface area contributed by atoms with Crippen molar-refractivity contribution < 1.29 is 14.6 Å². The van der Waals surface area contributed by atoms with Crippen LogP contribution in [0.4, 0.5) is 10.5 Å². The van der Waals surface area contributed by atoms with Gasteiger partial charge in [0.2, 0.25) is 0 Å². The Labute approximate surface area is 137 Å². The van der Waals surface area contributed by atoms with Gasteiger partial charge < -0.3 is 20.5 Å². The predicted octanol–water partition coefficient (Wildman–Crippen LogP) is 3.35. The minimum absolute atomic E-state index is 0.286. The van der Waals surface area contributed by atoms with Gasteiger partial charge in [0.05, 0.1) is 11.7 Å². The van der Waals surface area contributed by atoms with Crippen LogP contribution in [-0.2, 0) is 0 Å². The van der Waals surface area contributed by atoms with Crippen LogP contribution in [0.5, 0.6) is 5.75 Å². The number of ether oxygens (including phenoxy) is 1. The molecular weight excluding hydrogens is 292 g/mol. The quantitative estimate of drug-likeness (QED) is 0.779. The van der Waals surface area contributed by atoms with Crippen LogP contribution in [0.1, 0.15) is 50.5 Å². The lowest BCUT2D eigenvalue weighted by atomic mass is 9.80. The number of amides is 2. The predicted molar refractivity (Wildman–Crippen MR) is 89.9 cm³/mol. The lowest BCUT2D eigenvalue weighted by Crippen LogP contribution is -2.48. The summed E-state index contributed by atoms with van der Waals surface area (Å²) in [6.07, 6.45) is 7.52. The van der Waals surface area contributed by atoms with Gasteiger partial charge in [-0.05, 0) is 64.0 Å². The van der Waals surface area contributed by atoms with E-state index in [0.29, 0.717) is 12.6 Å². The van der Waals surface area contributed by atoms with E-state index in [0.717, 1.165) is 49.1 Å². The number of anilines is 1. The third-order valence-electron chi connectivity index (χ3n) is 4.99. The van der Waals surface area contributed by atoms with Gasteiger partial charge >= 0.3 is 6.03 Å². The minimum atomic E-state index is -0.709. The highest BCUT2D eigenvalue weighted by molar-refractivity contribution is 5.90. The molecule has 2 amide bonds. The fraction of sp³-hybridized carbons (Fsp3) is 0.611. The SMILES string of the molecule is Cc1c(NC(=O)NCC2(O)CCC2)cccc1OC1CCCC1. The number of hydrogen-bond donors (Lipinski definition) is 3. The Kier molecular flexibility index (Phi) is 4.76. The average molecular weight is 318 g/mol. The summed E-state index contributed by atoms with van der Waals surface area (Å²) in [5.74, 6) is 0.840. The largest absolute Gasteiger partial charge is 0.490 e.